The lowest BCUT2D eigenvalue weighted by Crippen LogP contribution is -2.60. The van der Waals surface area contributed by atoms with E-state index in [2.05, 4.69) is 0 Å². The number of hydrogen-bond donors (Lipinski definition) is 1. The van der Waals surface area contributed by atoms with Gasteiger partial charge in [0, 0.05) is 13.2 Å². The number of sulfone groups is 1. The number of amides is 1. The number of aliphatic carboxylic acids is 1. The SMILES string of the molecule is COCCOc1ccc(S(=O)(=O)[C@H]2C[C@@H](C(=O)O)[C@H](C(=O)N3CC(F)(F)C3)C2)c(Cl)c1. The molecule has 1 saturated heterocycles. The third-order valence-electron chi connectivity index (χ3n) is 5.51. The van der Waals surface area contributed by atoms with Crippen molar-refractivity contribution < 1.29 is 41.4 Å². The van der Waals surface area contributed by atoms with Crippen LogP contribution in [0.3, 0.4) is 0 Å². The van der Waals surface area contributed by atoms with Crippen LogP contribution in [0.2, 0.25) is 5.02 Å². The van der Waals surface area contributed by atoms with Gasteiger partial charge in [0.2, 0.25) is 5.91 Å². The van der Waals surface area contributed by atoms with Gasteiger partial charge in [-0.05, 0) is 25.0 Å². The topological polar surface area (TPSA) is 110 Å². The Labute approximate surface area is 183 Å². The number of carbonyl (C=O) groups is 2. The Morgan fingerprint density at radius 3 is 2.42 bits per heavy atom. The van der Waals surface area contributed by atoms with Crippen molar-refractivity contribution in [1.29, 1.82) is 0 Å². The molecular formula is C19H22ClF2NO7S. The quantitative estimate of drug-likeness (QED) is 0.566. The number of carbonyl (C=O) groups excluding carboxylic acids is 1. The predicted molar refractivity (Wildman–Crippen MR) is 105 cm³/mol. The van der Waals surface area contributed by atoms with E-state index in [1.54, 1.807) is 0 Å². The third kappa shape index (κ3) is 4.93. The van der Waals surface area contributed by atoms with Gasteiger partial charge >= 0.3 is 5.97 Å². The van der Waals surface area contributed by atoms with E-state index in [0.29, 0.717) is 12.4 Å². The van der Waals surface area contributed by atoms with Crippen molar-refractivity contribution in [2.45, 2.75) is 28.9 Å². The molecule has 12 heteroatoms. The molecule has 1 aliphatic carbocycles. The van der Waals surface area contributed by atoms with E-state index in [1.165, 1.54) is 25.3 Å². The first-order valence-electron chi connectivity index (χ1n) is 9.51. The second-order valence-corrected chi connectivity index (χ2v) is 10.3. The molecule has 1 aromatic carbocycles. The van der Waals surface area contributed by atoms with Crippen LogP contribution in [0.25, 0.3) is 0 Å². The molecular weight excluding hydrogens is 460 g/mol. The second-order valence-electron chi connectivity index (χ2n) is 7.67. The summed E-state index contributed by atoms with van der Waals surface area (Å²) in [6.07, 6.45) is -0.580. The number of likely N-dealkylation sites (tertiary alicyclic amines) is 1. The van der Waals surface area contributed by atoms with E-state index >= 15 is 0 Å². The summed E-state index contributed by atoms with van der Waals surface area (Å²) < 4.78 is 62.8. The maximum absolute atomic E-state index is 13.1. The lowest BCUT2D eigenvalue weighted by atomic mass is 9.93. The number of nitrogens with zero attached hydrogens (tertiary/aromatic N) is 1. The van der Waals surface area contributed by atoms with E-state index in [-0.39, 0.29) is 29.4 Å². The van der Waals surface area contributed by atoms with Gasteiger partial charge in [-0.25, -0.2) is 17.2 Å². The number of halogens is 3. The first kappa shape index (κ1) is 23.7. The van der Waals surface area contributed by atoms with Gasteiger partial charge in [0.25, 0.3) is 5.92 Å². The monoisotopic (exact) mass is 481 g/mol. The largest absolute Gasteiger partial charge is 0.491 e. The zero-order valence-electron chi connectivity index (χ0n) is 16.6. The van der Waals surface area contributed by atoms with Gasteiger partial charge in [-0.1, -0.05) is 11.6 Å². The van der Waals surface area contributed by atoms with Crippen LogP contribution >= 0.6 is 11.6 Å². The molecule has 1 aliphatic heterocycles. The van der Waals surface area contributed by atoms with Crippen LogP contribution in [0.5, 0.6) is 5.75 Å². The number of methoxy groups -OCH3 is 1. The Hall–Kier alpha value is -1.98. The molecule has 1 N–H and O–H groups in total. The smallest absolute Gasteiger partial charge is 0.307 e. The number of benzene rings is 1. The van der Waals surface area contributed by atoms with E-state index in [1.807, 2.05) is 0 Å². The summed E-state index contributed by atoms with van der Waals surface area (Å²) in [6.45, 7) is -1.01. The van der Waals surface area contributed by atoms with Gasteiger partial charge in [-0.15, -0.1) is 0 Å². The zero-order chi connectivity index (χ0) is 23.0. The molecule has 1 saturated carbocycles. The lowest BCUT2D eigenvalue weighted by molar-refractivity contribution is -0.172. The number of carboxylic acid groups (broad SMARTS) is 1. The normalized spacial score (nSPS) is 25.2. The van der Waals surface area contributed by atoms with Crippen molar-refractivity contribution in [2.24, 2.45) is 11.8 Å². The maximum Gasteiger partial charge on any atom is 0.307 e. The molecule has 8 nitrogen and oxygen atoms in total. The molecule has 3 atom stereocenters. The van der Waals surface area contributed by atoms with Crippen LogP contribution in [0, 0.1) is 11.8 Å². The van der Waals surface area contributed by atoms with Crippen molar-refractivity contribution in [2.75, 3.05) is 33.4 Å². The second kappa shape index (κ2) is 8.87. The molecule has 3 rings (SSSR count). The predicted octanol–water partition coefficient (Wildman–Crippen LogP) is 2.10. The molecule has 0 unspecified atom stereocenters. The third-order valence-corrected chi connectivity index (χ3v) is 8.17. The van der Waals surface area contributed by atoms with Crippen LogP contribution in [0.15, 0.2) is 23.1 Å². The molecule has 0 radical (unpaired) electrons. The van der Waals surface area contributed by atoms with Crippen molar-refractivity contribution in [3.8, 4) is 5.75 Å². The minimum atomic E-state index is -4.08. The van der Waals surface area contributed by atoms with Gasteiger partial charge in [0.15, 0.2) is 9.84 Å². The molecule has 0 spiro atoms. The molecule has 2 fully saturated rings. The Kier molecular flexibility index (Phi) is 6.78. The van der Waals surface area contributed by atoms with Gasteiger partial charge in [-0.3, -0.25) is 9.59 Å². The summed E-state index contributed by atoms with van der Waals surface area (Å²) in [7, 11) is -2.57. The van der Waals surface area contributed by atoms with Gasteiger partial charge < -0.3 is 19.5 Å². The number of carboxylic acids is 1. The Morgan fingerprint density at radius 2 is 1.87 bits per heavy atom. The van der Waals surface area contributed by atoms with E-state index in [4.69, 9.17) is 21.1 Å². The summed E-state index contributed by atoms with van der Waals surface area (Å²) in [5.41, 5.74) is 0. The van der Waals surface area contributed by atoms with Gasteiger partial charge in [0.05, 0.1) is 46.7 Å². The van der Waals surface area contributed by atoms with Crippen LogP contribution in [0.1, 0.15) is 12.8 Å². The zero-order valence-corrected chi connectivity index (χ0v) is 18.2. The molecule has 1 heterocycles. The highest BCUT2D eigenvalue weighted by molar-refractivity contribution is 7.92. The molecule has 31 heavy (non-hydrogen) atoms. The molecule has 0 aromatic heterocycles. The minimum Gasteiger partial charge on any atom is -0.491 e. The number of alkyl halides is 2. The van der Waals surface area contributed by atoms with Crippen molar-refractivity contribution in [1.82, 2.24) is 4.90 Å². The van der Waals surface area contributed by atoms with Crippen LogP contribution in [0.4, 0.5) is 8.78 Å². The van der Waals surface area contributed by atoms with E-state index in [9.17, 15) is 31.9 Å². The Morgan fingerprint density at radius 1 is 1.23 bits per heavy atom. The summed E-state index contributed by atoms with van der Waals surface area (Å²) in [6, 6.07) is 4.02. The molecule has 0 bridgehead atoms. The summed E-state index contributed by atoms with van der Waals surface area (Å²) >= 11 is 6.15. The standard InChI is InChI=1S/C19H22ClF2NO7S/c1-29-4-5-30-11-2-3-16(15(20)6-11)31(27,28)12-7-13(14(8-12)18(25)26)17(24)23-9-19(21,22)10-23/h2-3,6,12-14H,4-5,7-10H2,1H3,(H,25,26)/t12-,13-,14-/m1/s1. The van der Waals surface area contributed by atoms with E-state index < -0.39 is 57.8 Å². The first-order chi connectivity index (χ1) is 14.5. The summed E-state index contributed by atoms with van der Waals surface area (Å²) in [5, 5.41) is 8.21. The highest BCUT2D eigenvalue weighted by atomic mass is 35.5. The van der Waals surface area contributed by atoms with Crippen LogP contribution in [-0.2, 0) is 24.2 Å². The number of hydrogen-bond acceptors (Lipinski definition) is 6. The van der Waals surface area contributed by atoms with E-state index in [0.717, 1.165) is 4.90 Å². The fourth-order valence-electron chi connectivity index (χ4n) is 3.92. The summed E-state index contributed by atoms with van der Waals surface area (Å²) in [5.74, 6) is -7.23. The average molecular weight is 482 g/mol. The number of rotatable bonds is 8. The van der Waals surface area contributed by atoms with Crippen molar-refractivity contribution in [3.63, 3.8) is 0 Å². The average Bonchev–Trinajstić information content (AvgIpc) is 3.12. The molecule has 2 aliphatic rings. The van der Waals surface area contributed by atoms with Crippen LogP contribution < -0.4 is 4.74 Å². The lowest BCUT2D eigenvalue weighted by Gasteiger charge is -2.40. The first-order valence-corrected chi connectivity index (χ1v) is 11.4. The van der Waals surface area contributed by atoms with Gasteiger partial charge in [0.1, 0.15) is 12.4 Å². The maximum atomic E-state index is 13.1. The van der Waals surface area contributed by atoms with Crippen LogP contribution in [-0.4, -0.2) is 74.9 Å². The fraction of sp³-hybridized carbons (Fsp3) is 0.579. The van der Waals surface area contributed by atoms with Crippen molar-refractivity contribution >= 4 is 33.3 Å². The minimum absolute atomic E-state index is 0.0982. The molecule has 1 aromatic rings. The Balaban J connectivity index is 1.78. The Bertz CT molecular complexity index is 964. The van der Waals surface area contributed by atoms with Crippen molar-refractivity contribution in [3.05, 3.63) is 23.2 Å². The highest BCUT2D eigenvalue weighted by Gasteiger charge is 2.53. The molecule has 1 amide bonds. The highest BCUT2D eigenvalue weighted by Crippen LogP contribution is 2.42. The number of ether oxygens (including phenoxy) is 2. The molecule has 172 valence electrons. The summed E-state index contributed by atoms with van der Waals surface area (Å²) in [4.78, 5) is 24.9. The van der Waals surface area contributed by atoms with Gasteiger partial charge in [-0.2, -0.15) is 0 Å². The fourth-order valence-corrected chi connectivity index (χ4v) is 6.28.